The molecule has 2 heterocycles. The molecule has 0 atom stereocenters. The highest BCUT2D eigenvalue weighted by molar-refractivity contribution is 8.27. The van der Waals surface area contributed by atoms with Crippen LogP contribution < -0.4 is 9.75 Å². The van der Waals surface area contributed by atoms with Gasteiger partial charge in [0, 0.05) is 17.5 Å². The van der Waals surface area contributed by atoms with Gasteiger partial charge in [-0.15, -0.1) is 0 Å². The summed E-state index contributed by atoms with van der Waals surface area (Å²) in [4.78, 5) is 23.8. The number of carbonyl (C=O) groups excluding carboxylic acids is 1. The molecule has 7 nitrogen and oxygen atoms in total. The minimum atomic E-state index is -4.73. The van der Waals surface area contributed by atoms with Crippen LogP contribution in [0.2, 0.25) is 0 Å². The Morgan fingerprint density at radius 1 is 1.09 bits per heavy atom. The summed E-state index contributed by atoms with van der Waals surface area (Å²) in [5, 5.41) is 12.7. The number of nitrogens with zero attached hydrogens (tertiary/aromatic N) is 3. The lowest BCUT2D eigenvalue weighted by Gasteiger charge is -2.20. The van der Waals surface area contributed by atoms with Crippen LogP contribution in [0.4, 0.5) is 18.9 Å². The summed E-state index contributed by atoms with van der Waals surface area (Å²) in [5.41, 5.74) is 0.254. The monoisotopic (exact) mass is 519 g/mol. The predicted molar refractivity (Wildman–Crippen MR) is 130 cm³/mol. The molecule has 0 bridgehead atoms. The Bertz CT molecular complexity index is 1380. The van der Waals surface area contributed by atoms with Gasteiger partial charge in [-0.25, -0.2) is 0 Å². The second kappa shape index (κ2) is 9.19. The molecule has 3 aromatic rings. The number of benzene rings is 2. The largest absolute Gasteiger partial charge is 0.450 e. The number of aryl methyl sites for hydroxylation is 2. The summed E-state index contributed by atoms with van der Waals surface area (Å²) < 4.78 is 46.4. The Kier molecular flexibility index (Phi) is 6.43. The Labute approximate surface area is 206 Å². The van der Waals surface area contributed by atoms with E-state index in [0.717, 1.165) is 29.2 Å². The first-order valence-electron chi connectivity index (χ1n) is 10.0. The Morgan fingerprint density at radius 3 is 2.40 bits per heavy atom. The van der Waals surface area contributed by atoms with E-state index in [1.807, 2.05) is 26.0 Å². The van der Waals surface area contributed by atoms with Crippen molar-refractivity contribution in [2.45, 2.75) is 20.0 Å². The van der Waals surface area contributed by atoms with Crippen molar-refractivity contribution in [2.24, 2.45) is 0 Å². The number of nitro benzene ring substituents is 1. The normalized spacial score (nSPS) is 15.2. The number of carbonyl (C=O) groups is 1. The first kappa shape index (κ1) is 24.5. The number of ether oxygens (including phenoxy) is 1. The van der Waals surface area contributed by atoms with Crippen molar-refractivity contribution >= 4 is 46.0 Å². The average Bonchev–Trinajstić information content (AvgIpc) is 3.24. The molecule has 35 heavy (non-hydrogen) atoms. The first-order chi connectivity index (χ1) is 16.5. The minimum Gasteiger partial charge on any atom is -0.450 e. The summed E-state index contributed by atoms with van der Waals surface area (Å²) in [6.45, 7) is 3.72. The Hall–Kier alpha value is -3.64. The molecular formula is C23H16F3N3O4S2. The van der Waals surface area contributed by atoms with Gasteiger partial charge in [-0.3, -0.25) is 19.6 Å². The lowest BCUT2D eigenvalue weighted by Crippen LogP contribution is -2.39. The Morgan fingerprint density at radius 2 is 1.77 bits per heavy atom. The van der Waals surface area contributed by atoms with Gasteiger partial charge >= 0.3 is 11.9 Å². The van der Waals surface area contributed by atoms with Gasteiger partial charge in [-0.1, -0.05) is 23.9 Å². The van der Waals surface area contributed by atoms with E-state index in [1.54, 1.807) is 22.9 Å². The van der Waals surface area contributed by atoms with E-state index in [9.17, 15) is 28.1 Å². The minimum absolute atomic E-state index is 0.147. The van der Waals surface area contributed by atoms with Crippen LogP contribution in [0.15, 0.2) is 59.5 Å². The standard InChI is InChI=1S/C23H16F3N3O4S2/c1-13-6-7-14(2)27(13)28-21(30)20(35-22(28)34)11-15-4-3-5-17(10-15)33-19-9-8-16(23(24,25)26)12-18(19)29(31)32/h3-12H,1-2H3/b20-11+. The van der Waals surface area contributed by atoms with Crippen LogP contribution in [0.3, 0.4) is 0 Å². The van der Waals surface area contributed by atoms with Gasteiger partial charge in [0.05, 0.1) is 15.4 Å². The summed E-state index contributed by atoms with van der Waals surface area (Å²) in [6.07, 6.45) is -3.13. The van der Waals surface area contributed by atoms with Crippen LogP contribution in [0.25, 0.3) is 6.08 Å². The number of hydrogen-bond acceptors (Lipinski definition) is 6. The van der Waals surface area contributed by atoms with Crippen molar-refractivity contribution in [1.82, 2.24) is 4.68 Å². The lowest BCUT2D eigenvalue weighted by atomic mass is 10.1. The molecule has 0 saturated carbocycles. The van der Waals surface area contributed by atoms with Crippen molar-refractivity contribution in [3.63, 3.8) is 0 Å². The summed E-state index contributed by atoms with van der Waals surface area (Å²) in [5.74, 6) is -0.508. The first-order valence-corrected chi connectivity index (χ1v) is 11.2. The number of rotatable bonds is 5. The maximum atomic E-state index is 13.1. The van der Waals surface area contributed by atoms with Gasteiger partial charge in [-0.05, 0) is 74.1 Å². The predicted octanol–water partition coefficient (Wildman–Crippen LogP) is 6.36. The molecule has 0 unspecified atom stereocenters. The van der Waals surface area contributed by atoms with Crippen molar-refractivity contribution < 1.29 is 27.6 Å². The summed E-state index contributed by atoms with van der Waals surface area (Å²) >= 11 is 6.53. The van der Waals surface area contributed by atoms with Crippen LogP contribution in [0.1, 0.15) is 22.5 Å². The second-order valence-electron chi connectivity index (χ2n) is 7.53. The number of amides is 1. The smallest absolute Gasteiger partial charge is 0.416 e. The van der Waals surface area contributed by atoms with E-state index in [-0.39, 0.29) is 17.4 Å². The highest BCUT2D eigenvalue weighted by atomic mass is 32.2. The molecule has 180 valence electrons. The van der Waals surface area contributed by atoms with E-state index in [4.69, 9.17) is 17.0 Å². The van der Waals surface area contributed by atoms with E-state index < -0.39 is 22.4 Å². The van der Waals surface area contributed by atoms with Crippen molar-refractivity contribution in [1.29, 1.82) is 0 Å². The van der Waals surface area contributed by atoms with Gasteiger partial charge in [0.2, 0.25) is 5.75 Å². The number of nitro groups is 1. The zero-order chi connectivity index (χ0) is 25.5. The molecule has 12 heteroatoms. The van der Waals surface area contributed by atoms with E-state index >= 15 is 0 Å². The van der Waals surface area contributed by atoms with E-state index in [1.165, 1.54) is 17.1 Å². The van der Waals surface area contributed by atoms with Crippen LogP contribution in [0, 0.1) is 24.0 Å². The van der Waals surface area contributed by atoms with Gasteiger partial charge in [0.1, 0.15) is 5.75 Å². The van der Waals surface area contributed by atoms with Gasteiger partial charge in [0.15, 0.2) is 4.32 Å². The highest BCUT2D eigenvalue weighted by Crippen LogP contribution is 2.38. The molecular weight excluding hydrogens is 503 g/mol. The number of alkyl halides is 3. The SMILES string of the molecule is Cc1ccc(C)n1N1C(=O)/C(=C\c2cccc(Oc3ccc(C(F)(F)F)cc3[N+](=O)[O-])c2)SC1=S. The summed E-state index contributed by atoms with van der Waals surface area (Å²) in [6, 6.07) is 12.1. The zero-order valence-electron chi connectivity index (χ0n) is 18.2. The number of halogens is 3. The number of thioether (sulfide) groups is 1. The maximum Gasteiger partial charge on any atom is 0.416 e. The quantitative estimate of drug-likeness (QED) is 0.169. The molecule has 4 rings (SSSR count). The molecule has 0 aliphatic carbocycles. The van der Waals surface area contributed by atoms with Crippen molar-refractivity contribution in [3.05, 3.63) is 92.1 Å². The zero-order valence-corrected chi connectivity index (χ0v) is 19.8. The fraction of sp³-hybridized carbons (Fsp3) is 0.130. The van der Waals surface area contributed by atoms with E-state index in [0.29, 0.717) is 26.9 Å². The molecule has 1 fully saturated rings. The number of hydrogen-bond donors (Lipinski definition) is 0. The molecule has 2 aromatic carbocycles. The molecule has 1 aliphatic rings. The third-order valence-electron chi connectivity index (χ3n) is 5.07. The molecule has 0 spiro atoms. The van der Waals surface area contributed by atoms with Crippen LogP contribution in [-0.4, -0.2) is 19.8 Å². The fourth-order valence-electron chi connectivity index (χ4n) is 3.48. The molecule has 1 amide bonds. The molecule has 1 saturated heterocycles. The van der Waals surface area contributed by atoms with E-state index in [2.05, 4.69) is 0 Å². The van der Waals surface area contributed by atoms with Crippen molar-refractivity contribution in [2.75, 3.05) is 5.01 Å². The molecule has 0 radical (unpaired) electrons. The molecule has 0 N–H and O–H groups in total. The molecule has 1 aromatic heterocycles. The van der Waals surface area contributed by atoms with Gasteiger partial charge < -0.3 is 4.74 Å². The number of aromatic nitrogens is 1. The average molecular weight is 520 g/mol. The fourth-order valence-corrected chi connectivity index (χ4v) is 4.72. The van der Waals surface area contributed by atoms with Crippen LogP contribution in [0.5, 0.6) is 11.5 Å². The van der Waals surface area contributed by atoms with Gasteiger partial charge in [0.25, 0.3) is 5.91 Å². The van der Waals surface area contributed by atoms with Crippen molar-refractivity contribution in [3.8, 4) is 11.5 Å². The maximum absolute atomic E-state index is 13.1. The van der Waals surface area contributed by atoms with Gasteiger partial charge in [-0.2, -0.15) is 18.2 Å². The summed E-state index contributed by atoms with van der Waals surface area (Å²) in [7, 11) is 0. The highest BCUT2D eigenvalue weighted by Gasteiger charge is 2.35. The topological polar surface area (TPSA) is 77.6 Å². The Balaban J connectivity index is 1.62. The third kappa shape index (κ3) is 4.93. The second-order valence-corrected chi connectivity index (χ2v) is 9.21. The van der Waals surface area contributed by atoms with Crippen LogP contribution >= 0.6 is 24.0 Å². The lowest BCUT2D eigenvalue weighted by molar-refractivity contribution is -0.385. The number of thiocarbonyl (C=S) groups is 1. The molecule has 1 aliphatic heterocycles. The van der Waals surface area contributed by atoms with Crippen LogP contribution in [-0.2, 0) is 11.0 Å². The third-order valence-corrected chi connectivity index (χ3v) is 6.36.